The molecule has 0 bridgehead atoms. The highest BCUT2D eigenvalue weighted by atomic mass is 16.6. The number of carbonyl (C=O) groups is 2. The predicted molar refractivity (Wildman–Crippen MR) is 288 cm³/mol. The van der Waals surface area contributed by atoms with Gasteiger partial charge in [0.05, 0.1) is 6.61 Å². The van der Waals surface area contributed by atoms with Crippen molar-refractivity contribution >= 4 is 11.9 Å². The van der Waals surface area contributed by atoms with Crippen LogP contribution in [0.1, 0.15) is 322 Å². The Hall–Kier alpha value is -1.88. The van der Waals surface area contributed by atoms with Gasteiger partial charge in [0.2, 0.25) is 0 Å². The summed E-state index contributed by atoms with van der Waals surface area (Å²) in [5, 5.41) is 9.62. The summed E-state index contributed by atoms with van der Waals surface area (Å²) < 4.78 is 10.7. The van der Waals surface area contributed by atoms with Crippen LogP contribution in [0.25, 0.3) is 0 Å². The van der Waals surface area contributed by atoms with E-state index in [1.807, 2.05) is 0 Å². The molecule has 0 aromatic rings. The third kappa shape index (κ3) is 54.7. The van der Waals surface area contributed by atoms with Crippen molar-refractivity contribution in [2.75, 3.05) is 13.2 Å². The average Bonchev–Trinajstić information content (AvgIpc) is 3.32. The van der Waals surface area contributed by atoms with Gasteiger partial charge in [0.15, 0.2) is 6.10 Å². The number of esters is 2. The van der Waals surface area contributed by atoms with Gasteiger partial charge in [-0.3, -0.25) is 9.59 Å². The van der Waals surface area contributed by atoms with Crippen LogP contribution in [0.2, 0.25) is 0 Å². The van der Waals surface area contributed by atoms with Gasteiger partial charge in [-0.25, -0.2) is 0 Å². The lowest BCUT2D eigenvalue weighted by molar-refractivity contribution is -0.161. The normalized spacial score (nSPS) is 12.3. The summed E-state index contributed by atoms with van der Waals surface area (Å²) in [6, 6.07) is 0. The van der Waals surface area contributed by atoms with Crippen molar-refractivity contribution in [1.82, 2.24) is 0 Å². The SMILES string of the molecule is CC/C=C\C/C=C\C/C=C\CCCCCCCC(=O)OC(CO)COC(=O)CCCCCCCCCCCCCCCCCCCCCCCCCCCCCCCCCCCCCCC. The lowest BCUT2D eigenvalue weighted by atomic mass is 10.0. The van der Waals surface area contributed by atoms with Gasteiger partial charge in [-0.15, -0.1) is 0 Å². The smallest absolute Gasteiger partial charge is 0.306 e. The van der Waals surface area contributed by atoms with Crippen LogP contribution in [0.4, 0.5) is 0 Å². The zero-order valence-electron chi connectivity index (χ0n) is 44.5. The van der Waals surface area contributed by atoms with Crippen molar-refractivity contribution in [1.29, 1.82) is 0 Å². The molecule has 388 valence electrons. The van der Waals surface area contributed by atoms with Gasteiger partial charge < -0.3 is 14.6 Å². The Morgan fingerprint density at radius 2 is 0.652 bits per heavy atom. The molecule has 0 aliphatic carbocycles. The second-order valence-electron chi connectivity index (χ2n) is 20.1. The number of aliphatic hydroxyl groups excluding tert-OH is 1. The first kappa shape index (κ1) is 64.1. The summed E-state index contributed by atoms with van der Waals surface area (Å²) in [5.74, 6) is -0.597. The van der Waals surface area contributed by atoms with Crippen LogP contribution in [0.5, 0.6) is 0 Å². The number of carbonyl (C=O) groups excluding carboxylic acids is 2. The standard InChI is InChI=1S/C61H114O5/c1-3-5-7-9-11-13-15-17-19-20-21-22-23-24-25-26-27-28-29-30-31-32-33-34-35-36-37-38-39-40-42-43-45-47-49-51-53-55-60(63)65-58-59(57-62)66-61(64)56-54-52-50-48-46-44-41-18-16-14-12-10-8-6-4-2/h6,8,12,14,18,41,59,62H,3-5,7,9-11,13,15-17,19-40,42-58H2,1-2H3/b8-6-,14-12-,41-18-. The third-order valence-electron chi connectivity index (χ3n) is 13.4. The maximum absolute atomic E-state index is 12.2. The molecule has 0 saturated heterocycles. The number of allylic oxidation sites excluding steroid dienone is 6. The van der Waals surface area contributed by atoms with Gasteiger partial charge >= 0.3 is 11.9 Å². The van der Waals surface area contributed by atoms with Gasteiger partial charge in [0, 0.05) is 12.8 Å². The van der Waals surface area contributed by atoms with Gasteiger partial charge in [0.1, 0.15) is 6.61 Å². The van der Waals surface area contributed by atoms with Crippen LogP contribution in [0.3, 0.4) is 0 Å². The quantitative estimate of drug-likeness (QED) is 0.0374. The Balaban J connectivity index is 3.35. The van der Waals surface area contributed by atoms with Crippen molar-refractivity contribution in [3.63, 3.8) is 0 Å². The molecule has 0 aromatic carbocycles. The van der Waals surface area contributed by atoms with E-state index in [1.54, 1.807) is 0 Å². The minimum Gasteiger partial charge on any atom is -0.462 e. The first-order valence-electron chi connectivity index (χ1n) is 29.5. The van der Waals surface area contributed by atoms with E-state index in [2.05, 4.69) is 50.3 Å². The van der Waals surface area contributed by atoms with Crippen molar-refractivity contribution in [3.05, 3.63) is 36.5 Å². The van der Waals surface area contributed by atoms with E-state index in [4.69, 9.17) is 9.47 Å². The Kier molecular flexibility index (Phi) is 55.8. The molecular formula is C61H114O5. The highest BCUT2D eigenvalue weighted by molar-refractivity contribution is 5.70. The van der Waals surface area contributed by atoms with Crippen LogP contribution in [-0.2, 0) is 19.1 Å². The second kappa shape index (κ2) is 57.4. The molecule has 66 heavy (non-hydrogen) atoms. The summed E-state index contributed by atoms with van der Waals surface area (Å²) in [6.07, 6.45) is 74.5. The number of hydrogen-bond donors (Lipinski definition) is 1. The Labute approximate surface area is 412 Å². The first-order valence-corrected chi connectivity index (χ1v) is 29.5. The highest BCUT2D eigenvalue weighted by Gasteiger charge is 2.16. The fourth-order valence-electron chi connectivity index (χ4n) is 9.05. The molecule has 0 heterocycles. The van der Waals surface area contributed by atoms with Crippen molar-refractivity contribution < 1.29 is 24.2 Å². The molecule has 5 nitrogen and oxygen atoms in total. The molecule has 0 aliphatic rings. The zero-order chi connectivity index (χ0) is 47.7. The van der Waals surface area contributed by atoms with E-state index < -0.39 is 6.10 Å². The minimum atomic E-state index is -0.779. The van der Waals surface area contributed by atoms with Gasteiger partial charge in [0.25, 0.3) is 0 Å². The Bertz CT molecular complexity index is 1050. The molecule has 0 aliphatic heterocycles. The maximum Gasteiger partial charge on any atom is 0.306 e. The molecule has 5 heteroatoms. The van der Waals surface area contributed by atoms with E-state index >= 15 is 0 Å². The summed E-state index contributed by atoms with van der Waals surface area (Å²) >= 11 is 0. The maximum atomic E-state index is 12.2. The van der Waals surface area contributed by atoms with Gasteiger partial charge in [-0.1, -0.05) is 301 Å². The summed E-state index contributed by atoms with van der Waals surface area (Å²) in [4.78, 5) is 24.4. The number of unbranched alkanes of at least 4 members (excludes halogenated alkanes) is 41. The van der Waals surface area contributed by atoms with E-state index in [-0.39, 0.29) is 25.2 Å². The molecular weight excluding hydrogens is 813 g/mol. The minimum absolute atomic E-state index is 0.0694. The Morgan fingerprint density at radius 1 is 0.364 bits per heavy atom. The van der Waals surface area contributed by atoms with Crippen LogP contribution in [0, 0.1) is 0 Å². The molecule has 1 unspecified atom stereocenters. The molecule has 0 fully saturated rings. The average molecular weight is 928 g/mol. The van der Waals surface area contributed by atoms with Gasteiger partial charge in [-0.2, -0.15) is 0 Å². The predicted octanol–water partition coefficient (Wildman–Crippen LogP) is 19.9. The van der Waals surface area contributed by atoms with E-state index in [1.165, 1.54) is 225 Å². The zero-order valence-corrected chi connectivity index (χ0v) is 44.5. The van der Waals surface area contributed by atoms with Crippen LogP contribution in [0.15, 0.2) is 36.5 Å². The van der Waals surface area contributed by atoms with E-state index in [9.17, 15) is 14.7 Å². The highest BCUT2D eigenvalue weighted by Crippen LogP contribution is 2.18. The van der Waals surface area contributed by atoms with E-state index in [0.29, 0.717) is 12.8 Å². The Morgan fingerprint density at radius 3 is 0.985 bits per heavy atom. The topological polar surface area (TPSA) is 72.8 Å². The summed E-state index contributed by atoms with van der Waals surface area (Å²) in [7, 11) is 0. The molecule has 1 atom stereocenters. The second-order valence-corrected chi connectivity index (χ2v) is 20.1. The number of rotatable bonds is 55. The molecule has 0 spiro atoms. The third-order valence-corrected chi connectivity index (χ3v) is 13.4. The molecule has 0 saturated carbocycles. The molecule has 0 rings (SSSR count). The van der Waals surface area contributed by atoms with Crippen LogP contribution >= 0.6 is 0 Å². The van der Waals surface area contributed by atoms with E-state index in [0.717, 1.165) is 70.6 Å². The van der Waals surface area contributed by atoms with Crippen LogP contribution < -0.4 is 0 Å². The largest absolute Gasteiger partial charge is 0.462 e. The summed E-state index contributed by atoms with van der Waals surface area (Å²) in [5.41, 5.74) is 0. The molecule has 0 aromatic heterocycles. The summed E-state index contributed by atoms with van der Waals surface area (Å²) in [6.45, 7) is 4.05. The number of hydrogen-bond acceptors (Lipinski definition) is 5. The molecule has 0 amide bonds. The monoisotopic (exact) mass is 927 g/mol. The lowest BCUT2D eigenvalue weighted by Crippen LogP contribution is -2.28. The number of ether oxygens (including phenoxy) is 2. The fraction of sp³-hybridized carbons (Fsp3) is 0.869. The fourth-order valence-corrected chi connectivity index (χ4v) is 9.05. The van der Waals surface area contributed by atoms with Gasteiger partial charge in [-0.05, 0) is 44.9 Å². The molecule has 0 radical (unpaired) electrons. The lowest BCUT2D eigenvalue weighted by Gasteiger charge is -2.15. The molecule has 1 N–H and O–H groups in total. The van der Waals surface area contributed by atoms with Crippen molar-refractivity contribution in [2.45, 2.75) is 328 Å². The van der Waals surface area contributed by atoms with Crippen molar-refractivity contribution in [3.8, 4) is 0 Å². The van der Waals surface area contributed by atoms with Crippen molar-refractivity contribution in [2.24, 2.45) is 0 Å². The van der Waals surface area contributed by atoms with Crippen LogP contribution in [-0.4, -0.2) is 36.4 Å². The first-order chi connectivity index (χ1) is 32.6. The number of aliphatic hydroxyl groups is 1.